The van der Waals surface area contributed by atoms with Crippen LogP contribution < -0.4 is 5.43 Å². The Morgan fingerprint density at radius 3 is 2.68 bits per heavy atom. The molecule has 0 aliphatic carbocycles. The predicted octanol–water partition coefficient (Wildman–Crippen LogP) is 2.85. The number of hydrogen-bond donors (Lipinski definition) is 1. The topological polar surface area (TPSA) is 50.7 Å². The van der Waals surface area contributed by atoms with Gasteiger partial charge in [0.15, 0.2) is 0 Å². The molecule has 3 aromatic rings. The number of rotatable bonds is 1. The van der Waals surface area contributed by atoms with Gasteiger partial charge in [0.2, 0.25) is 5.43 Å². The van der Waals surface area contributed by atoms with Crippen molar-refractivity contribution in [1.29, 1.82) is 0 Å². The standard InChI is InChI=1S/C15H17N3O/c1-8(2)10-5-6-11-13(9(10)3)15(19)14-12(17-11)7-16-18(14)4/h5-8H,1-4H3,(H,17,19). The van der Waals surface area contributed by atoms with E-state index in [0.717, 1.165) is 22.0 Å². The number of fused-ring (bicyclic) bond motifs is 2. The van der Waals surface area contributed by atoms with Crippen molar-refractivity contribution in [3.8, 4) is 0 Å². The van der Waals surface area contributed by atoms with Gasteiger partial charge in [0.1, 0.15) is 5.52 Å². The van der Waals surface area contributed by atoms with Gasteiger partial charge >= 0.3 is 0 Å². The van der Waals surface area contributed by atoms with Crippen molar-refractivity contribution in [2.24, 2.45) is 7.05 Å². The maximum absolute atomic E-state index is 12.7. The zero-order chi connectivity index (χ0) is 13.7. The molecule has 0 saturated carbocycles. The van der Waals surface area contributed by atoms with E-state index >= 15 is 0 Å². The minimum Gasteiger partial charge on any atom is -0.352 e. The van der Waals surface area contributed by atoms with E-state index in [1.54, 1.807) is 17.9 Å². The fourth-order valence-electron chi connectivity index (χ4n) is 2.81. The maximum Gasteiger partial charge on any atom is 0.215 e. The number of hydrogen-bond acceptors (Lipinski definition) is 2. The molecule has 3 rings (SSSR count). The highest BCUT2D eigenvalue weighted by Gasteiger charge is 2.14. The van der Waals surface area contributed by atoms with Crippen LogP contribution in [0.3, 0.4) is 0 Å². The molecule has 0 saturated heterocycles. The summed E-state index contributed by atoms with van der Waals surface area (Å²) in [5.74, 6) is 0.408. The van der Waals surface area contributed by atoms with Gasteiger partial charge in [-0.1, -0.05) is 19.9 Å². The SMILES string of the molecule is Cc1c(C(C)C)ccc2[nH]c3cnn(C)c3c(=O)c12. The molecule has 98 valence electrons. The number of pyridine rings is 1. The smallest absolute Gasteiger partial charge is 0.215 e. The van der Waals surface area contributed by atoms with Crippen molar-refractivity contribution in [2.75, 3.05) is 0 Å². The van der Waals surface area contributed by atoms with E-state index in [4.69, 9.17) is 0 Å². The molecule has 4 heteroatoms. The minimum absolute atomic E-state index is 0.0590. The number of nitrogens with one attached hydrogen (secondary N) is 1. The van der Waals surface area contributed by atoms with Gasteiger partial charge in [0.25, 0.3) is 0 Å². The number of aryl methyl sites for hydroxylation is 2. The Hall–Kier alpha value is -2.10. The lowest BCUT2D eigenvalue weighted by Crippen LogP contribution is -2.10. The maximum atomic E-state index is 12.7. The zero-order valence-electron chi connectivity index (χ0n) is 11.6. The van der Waals surface area contributed by atoms with Crippen LogP contribution in [0.25, 0.3) is 21.9 Å². The van der Waals surface area contributed by atoms with Crippen molar-refractivity contribution in [2.45, 2.75) is 26.7 Å². The fraction of sp³-hybridized carbons (Fsp3) is 0.333. The van der Waals surface area contributed by atoms with Crippen molar-refractivity contribution >= 4 is 21.9 Å². The molecule has 0 bridgehead atoms. The molecule has 4 nitrogen and oxygen atoms in total. The third kappa shape index (κ3) is 1.59. The molecule has 0 amide bonds. The second-order valence-electron chi connectivity index (χ2n) is 5.34. The summed E-state index contributed by atoms with van der Waals surface area (Å²) < 4.78 is 1.63. The fourth-order valence-corrected chi connectivity index (χ4v) is 2.81. The Morgan fingerprint density at radius 1 is 1.26 bits per heavy atom. The molecule has 0 unspecified atom stereocenters. The Morgan fingerprint density at radius 2 is 2.00 bits per heavy atom. The Bertz CT molecular complexity index is 840. The third-order valence-electron chi connectivity index (χ3n) is 3.78. The van der Waals surface area contributed by atoms with Crippen LogP contribution in [0.5, 0.6) is 0 Å². The molecular weight excluding hydrogens is 238 g/mol. The quantitative estimate of drug-likeness (QED) is 0.727. The summed E-state index contributed by atoms with van der Waals surface area (Å²) in [6.45, 7) is 6.31. The van der Waals surface area contributed by atoms with Gasteiger partial charge in [0, 0.05) is 7.05 Å². The summed E-state index contributed by atoms with van der Waals surface area (Å²) >= 11 is 0. The Labute approximate surface area is 111 Å². The van der Waals surface area contributed by atoms with Gasteiger partial charge < -0.3 is 4.98 Å². The highest BCUT2D eigenvalue weighted by Crippen LogP contribution is 2.25. The molecule has 0 atom stereocenters. The van der Waals surface area contributed by atoms with Gasteiger partial charge in [-0.15, -0.1) is 0 Å². The molecule has 0 aliphatic heterocycles. The highest BCUT2D eigenvalue weighted by molar-refractivity contribution is 5.93. The largest absolute Gasteiger partial charge is 0.352 e. The molecule has 0 aliphatic rings. The summed E-state index contributed by atoms with van der Waals surface area (Å²) in [6, 6.07) is 4.09. The van der Waals surface area contributed by atoms with Crippen molar-refractivity contribution < 1.29 is 0 Å². The van der Waals surface area contributed by atoms with Gasteiger partial charge in [-0.3, -0.25) is 9.48 Å². The highest BCUT2D eigenvalue weighted by atomic mass is 16.1. The van der Waals surface area contributed by atoms with Gasteiger partial charge in [-0.05, 0) is 30.0 Å². The normalized spacial score (nSPS) is 11.8. The molecular formula is C15H17N3O. The molecule has 2 aromatic heterocycles. The molecule has 0 spiro atoms. The number of benzene rings is 1. The van der Waals surface area contributed by atoms with Crippen LogP contribution in [-0.2, 0) is 7.05 Å². The third-order valence-corrected chi connectivity index (χ3v) is 3.78. The number of aromatic nitrogens is 3. The van der Waals surface area contributed by atoms with E-state index in [1.807, 2.05) is 13.0 Å². The van der Waals surface area contributed by atoms with Gasteiger partial charge in [-0.2, -0.15) is 5.10 Å². The first-order valence-electron chi connectivity index (χ1n) is 6.48. The second-order valence-corrected chi connectivity index (χ2v) is 5.34. The average molecular weight is 255 g/mol. The zero-order valence-corrected chi connectivity index (χ0v) is 11.6. The van der Waals surface area contributed by atoms with Crippen LogP contribution in [-0.4, -0.2) is 14.8 Å². The summed E-state index contributed by atoms with van der Waals surface area (Å²) in [5, 5.41) is 4.93. The first kappa shape index (κ1) is 12.0. The molecule has 1 N–H and O–H groups in total. The Balaban J connectivity index is 2.55. The first-order chi connectivity index (χ1) is 9.00. The predicted molar refractivity (Wildman–Crippen MR) is 77.7 cm³/mol. The number of nitrogens with zero attached hydrogens (tertiary/aromatic N) is 2. The Kier molecular flexibility index (Phi) is 2.49. The molecule has 2 heterocycles. The van der Waals surface area contributed by atoms with Gasteiger partial charge in [-0.25, -0.2) is 0 Å². The first-order valence-corrected chi connectivity index (χ1v) is 6.48. The van der Waals surface area contributed by atoms with Crippen LogP contribution in [0.15, 0.2) is 23.1 Å². The van der Waals surface area contributed by atoms with Crippen molar-refractivity contribution in [3.63, 3.8) is 0 Å². The molecule has 0 radical (unpaired) electrons. The van der Waals surface area contributed by atoms with Gasteiger partial charge in [0.05, 0.1) is 22.6 Å². The van der Waals surface area contributed by atoms with E-state index in [-0.39, 0.29) is 5.43 Å². The monoisotopic (exact) mass is 255 g/mol. The van der Waals surface area contributed by atoms with E-state index in [2.05, 4.69) is 30.0 Å². The minimum atomic E-state index is 0.0590. The summed E-state index contributed by atoms with van der Waals surface area (Å²) in [7, 11) is 1.80. The van der Waals surface area contributed by atoms with E-state index < -0.39 is 0 Å². The second kappa shape index (κ2) is 3.95. The van der Waals surface area contributed by atoms with E-state index in [9.17, 15) is 4.79 Å². The lowest BCUT2D eigenvalue weighted by Gasteiger charge is -2.12. The van der Waals surface area contributed by atoms with Crippen LogP contribution >= 0.6 is 0 Å². The number of aromatic amines is 1. The lowest BCUT2D eigenvalue weighted by atomic mass is 9.94. The van der Waals surface area contributed by atoms with E-state index in [1.165, 1.54) is 5.56 Å². The molecule has 0 fully saturated rings. The summed E-state index contributed by atoms with van der Waals surface area (Å²) in [5.41, 5.74) is 4.65. The molecule has 1 aromatic carbocycles. The van der Waals surface area contributed by atoms with Crippen LogP contribution in [0.1, 0.15) is 30.9 Å². The van der Waals surface area contributed by atoms with Crippen molar-refractivity contribution in [3.05, 3.63) is 39.7 Å². The lowest BCUT2D eigenvalue weighted by molar-refractivity contribution is 0.795. The van der Waals surface area contributed by atoms with Crippen molar-refractivity contribution in [1.82, 2.24) is 14.8 Å². The summed E-state index contributed by atoms with van der Waals surface area (Å²) in [6.07, 6.45) is 1.70. The van der Waals surface area contributed by atoms with E-state index in [0.29, 0.717) is 11.4 Å². The summed E-state index contributed by atoms with van der Waals surface area (Å²) in [4.78, 5) is 16.0. The average Bonchev–Trinajstić information content (AvgIpc) is 2.71. The molecule has 19 heavy (non-hydrogen) atoms. The van der Waals surface area contributed by atoms with Crippen LogP contribution in [0.4, 0.5) is 0 Å². The van der Waals surface area contributed by atoms with Crippen LogP contribution in [0, 0.1) is 6.92 Å². The van der Waals surface area contributed by atoms with Crippen LogP contribution in [0.2, 0.25) is 0 Å². The number of H-pyrrole nitrogens is 1.